The molecule has 36 heavy (non-hydrogen) atoms. The molecule has 6 rings (SSSR count). The summed E-state index contributed by atoms with van der Waals surface area (Å²) in [6.07, 6.45) is 4.07. The maximum Gasteiger partial charge on any atom is 0.274 e. The number of hydrogen-bond acceptors (Lipinski definition) is 7. The Morgan fingerprint density at radius 2 is 1.67 bits per heavy atom. The first-order chi connectivity index (χ1) is 17.5. The van der Waals surface area contributed by atoms with E-state index in [4.69, 9.17) is 18.6 Å². The molecule has 1 aliphatic carbocycles. The van der Waals surface area contributed by atoms with E-state index in [2.05, 4.69) is 10.1 Å². The molecule has 1 saturated carbocycles. The summed E-state index contributed by atoms with van der Waals surface area (Å²) in [5, 5.41) is 14.4. The molecule has 0 radical (unpaired) electrons. The van der Waals surface area contributed by atoms with Crippen molar-refractivity contribution < 1.29 is 23.7 Å². The number of phenolic OH excluding ortho intramolecular Hbond substituents is 1. The zero-order valence-electron chi connectivity index (χ0n) is 20.1. The highest BCUT2D eigenvalue weighted by Crippen LogP contribution is 2.46. The zero-order chi connectivity index (χ0) is 25.1. The number of aromatic nitrogens is 3. The molecule has 3 N–H and O–H groups in total. The Kier molecular flexibility index (Phi) is 4.99. The second-order valence-corrected chi connectivity index (χ2v) is 8.98. The van der Waals surface area contributed by atoms with Crippen LogP contribution in [0.2, 0.25) is 0 Å². The first kappa shape index (κ1) is 22.1. The monoisotopic (exact) mass is 491 g/mol. The lowest BCUT2D eigenvalue weighted by molar-refractivity contribution is 0.349. The van der Waals surface area contributed by atoms with Gasteiger partial charge >= 0.3 is 0 Å². The summed E-state index contributed by atoms with van der Waals surface area (Å²) in [6.45, 7) is 0. The minimum Gasteiger partial charge on any atom is -0.502 e. The van der Waals surface area contributed by atoms with Crippen LogP contribution in [-0.4, -0.2) is 41.2 Å². The molecular weight excluding hydrogens is 466 g/mol. The normalized spacial score (nSPS) is 14.3. The van der Waals surface area contributed by atoms with Gasteiger partial charge in [-0.25, -0.2) is 0 Å². The van der Waals surface area contributed by atoms with Crippen molar-refractivity contribution in [2.24, 2.45) is 0 Å². The summed E-state index contributed by atoms with van der Waals surface area (Å²) in [4.78, 5) is 29.0. The highest BCUT2D eigenvalue weighted by Gasteiger charge is 2.28. The number of hydrogen-bond donors (Lipinski definition) is 3. The molecule has 3 heterocycles. The maximum atomic E-state index is 13.5. The second-order valence-electron chi connectivity index (χ2n) is 8.98. The molecule has 0 spiro atoms. The summed E-state index contributed by atoms with van der Waals surface area (Å²) in [5.41, 5.74) is 1.64. The van der Waals surface area contributed by atoms with Crippen LogP contribution in [0.1, 0.15) is 31.7 Å². The van der Waals surface area contributed by atoms with Crippen LogP contribution in [0.3, 0.4) is 0 Å². The summed E-state index contributed by atoms with van der Waals surface area (Å²) < 4.78 is 24.7. The number of pyridine rings is 1. The summed E-state index contributed by atoms with van der Waals surface area (Å²) in [6, 6.07) is 6.45. The van der Waals surface area contributed by atoms with Crippen molar-refractivity contribution >= 4 is 33.1 Å². The van der Waals surface area contributed by atoms with Crippen LogP contribution >= 0.6 is 0 Å². The number of phenols is 1. The van der Waals surface area contributed by atoms with Crippen molar-refractivity contribution in [1.29, 1.82) is 0 Å². The number of benzene rings is 2. The van der Waals surface area contributed by atoms with Crippen LogP contribution in [0.15, 0.2) is 38.3 Å². The van der Waals surface area contributed by atoms with Gasteiger partial charge in [0.25, 0.3) is 5.56 Å². The van der Waals surface area contributed by atoms with Crippen molar-refractivity contribution in [2.45, 2.75) is 31.7 Å². The van der Waals surface area contributed by atoms with Gasteiger partial charge in [0.15, 0.2) is 22.7 Å². The quantitative estimate of drug-likeness (QED) is 0.331. The number of aromatic amines is 2. The predicted molar refractivity (Wildman–Crippen MR) is 135 cm³/mol. The van der Waals surface area contributed by atoms with Gasteiger partial charge < -0.3 is 28.7 Å². The Bertz CT molecular complexity index is 1770. The van der Waals surface area contributed by atoms with E-state index >= 15 is 0 Å². The Balaban J connectivity index is 1.83. The zero-order valence-corrected chi connectivity index (χ0v) is 20.1. The van der Waals surface area contributed by atoms with E-state index in [9.17, 15) is 14.7 Å². The SMILES string of the molecule is COc1cc(OC)c(-c2c3oc4c(O)c(=O)ccc4c3[nH]c3c2c(=O)[nH]n3C2CCCC2)cc1OC. The molecule has 10 heteroatoms. The summed E-state index contributed by atoms with van der Waals surface area (Å²) in [5.74, 6) is 0.849. The van der Waals surface area contributed by atoms with Crippen LogP contribution in [0, 0.1) is 0 Å². The molecule has 3 aromatic heterocycles. The van der Waals surface area contributed by atoms with E-state index in [0.717, 1.165) is 25.7 Å². The second kappa shape index (κ2) is 8.11. The molecule has 10 nitrogen and oxygen atoms in total. The van der Waals surface area contributed by atoms with Gasteiger partial charge in [-0.2, -0.15) is 0 Å². The number of ether oxygens (including phenoxy) is 3. The minimum absolute atomic E-state index is 0.0472. The Morgan fingerprint density at radius 1 is 0.972 bits per heavy atom. The molecule has 0 amide bonds. The molecule has 0 atom stereocenters. The summed E-state index contributed by atoms with van der Waals surface area (Å²) in [7, 11) is 4.58. The number of fused-ring (bicyclic) bond motifs is 4. The standard InChI is InChI=1S/C26H25N3O7/c1-33-16-11-18(35-3)17(34-2)10-14(16)19-20-25(29(28-26(20)32)12-6-4-5-7-12)27-21-13-8-9-15(30)22(31)23(13)36-24(19)21/h8-12,27,31H,4-7H2,1-3H3,(H,28,32). The van der Waals surface area contributed by atoms with Crippen LogP contribution in [0.4, 0.5) is 0 Å². The molecule has 0 unspecified atom stereocenters. The molecule has 186 valence electrons. The van der Waals surface area contributed by atoms with Crippen LogP contribution in [0.25, 0.3) is 44.2 Å². The van der Waals surface area contributed by atoms with Crippen molar-refractivity contribution in [3.05, 3.63) is 44.8 Å². The number of furan rings is 1. The van der Waals surface area contributed by atoms with Gasteiger partial charge in [-0.05, 0) is 31.0 Å². The maximum absolute atomic E-state index is 13.5. The van der Waals surface area contributed by atoms with Gasteiger partial charge in [0.05, 0.1) is 38.3 Å². The van der Waals surface area contributed by atoms with E-state index in [0.29, 0.717) is 55.9 Å². The van der Waals surface area contributed by atoms with Gasteiger partial charge in [0, 0.05) is 22.6 Å². The average molecular weight is 492 g/mol. The van der Waals surface area contributed by atoms with E-state index < -0.39 is 11.2 Å². The lowest BCUT2D eigenvalue weighted by Gasteiger charge is -2.16. The third kappa shape index (κ3) is 3.03. The molecular formula is C26H25N3O7. The van der Waals surface area contributed by atoms with E-state index in [1.54, 1.807) is 18.2 Å². The van der Waals surface area contributed by atoms with Crippen molar-refractivity contribution in [2.75, 3.05) is 21.3 Å². The summed E-state index contributed by atoms with van der Waals surface area (Å²) >= 11 is 0. The number of rotatable bonds is 5. The number of aromatic hydroxyl groups is 1. The molecule has 0 aliphatic heterocycles. The average Bonchev–Trinajstić information content (AvgIpc) is 3.62. The topological polar surface area (TPSA) is 132 Å². The smallest absolute Gasteiger partial charge is 0.274 e. The van der Waals surface area contributed by atoms with E-state index in [1.165, 1.54) is 27.4 Å². The number of H-pyrrole nitrogens is 2. The fourth-order valence-electron chi connectivity index (χ4n) is 5.38. The molecule has 0 bridgehead atoms. The molecule has 5 aromatic rings. The van der Waals surface area contributed by atoms with Gasteiger partial charge in [0.2, 0.25) is 11.2 Å². The lowest BCUT2D eigenvalue weighted by Crippen LogP contribution is -2.10. The van der Waals surface area contributed by atoms with Crippen LogP contribution in [-0.2, 0) is 0 Å². The van der Waals surface area contributed by atoms with Crippen LogP contribution in [0.5, 0.6) is 23.0 Å². The van der Waals surface area contributed by atoms with Gasteiger partial charge in [-0.15, -0.1) is 0 Å². The Labute approximate surface area is 204 Å². The highest BCUT2D eigenvalue weighted by molar-refractivity contribution is 6.15. The van der Waals surface area contributed by atoms with Crippen molar-refractivity contribution in [3.8, 4) is 34.1 Å². The third-order valence-electron chi connectivity index (χ3n) is 7.11. The first-order valence-electron chi connectivity index (χ1n) is 11.7. The Morgan fingerprint density at radius 3 is 2.36 bits per heavy atom. The lowest BCUT2D eigenvalue weighted by atomic mass is 10.00. The van der Waals surface area contributed by atoms with Gasteiger partial charge in [0.1, 0.15) is 11.4 Å². The Hall–Kier alpha value is -4.34. The van der Waals surface area contributed by atoms with E-state index in [-0.39, 0.29) is 17.2 Å². The number of nitrogens with zero attached hydrogens (tertiary/aromatic N) is 1. The largest absolute Gasteiger partial charge is 0.502 e. The molecule has 0 saturated heterocycles. The molecule has 2 aromatic carbocycles. The van der Waals surface area contributed by atoms with Gasteiger partial charge in [-0.1, -0.05) is 12.8 Å². The number of nitrogens with one attached hydrogen (secondary N) is 2. The number of methoxy groups -OCH3 is 3. The third-order valence-corrected chi connectivity index (χ3v) is 7.11. The fraction of sp³-hybridized carbons (Fsp3) is 0.308. The van der Waals surface area contributed by atoms with Crippen molar-refractivity contribution in [1.82, 2.24) is 14.8 Å². The van der Waals surface area contributed by atoms with E-state index in [1.807, 2.05) is 4.68 Å². The molecule has 1 aliphatic rings. The van der Waals surface area contributed by atoms with Crippen molar-refractivity contribution in [3.63, 3.8) is 0 Å². The minimum atomic E-state index is -0.551. The first-order valence-corrected chi connectivity index (χ1v) is 11.7. The molecule has 1 fully saturated rings. The van der Waals surface area contributed by atoms with Crippen LogP contribution < -0.4 is 25.2 Å². The highest BCUT2D eigenvalue weighted by atomic mass is 16.5. The fourth-order valence-corrected chi connectivity index (χ4v) is 5.38. The predicted octanol–water partition coefficient (Wildman–Crippen LogP) is 4.43. The van der Waals surface area contributed by atoms with Gasteiger partial charge in [-0.3, -0.25) is 19.4 Å².